The number of rotatable bonds is 6. The summed E-state index contributed by atoms with van der Waals surface area (Å²) in [7, 11) is 0. The number of halogens is 1. The van der Waals surface area contributed by atoms with Gasteiger partial charge < -0.3 is 4.90 Å². The molecule has 2 fully saturated rings. The third-order valence-electron chi connectivity index (χ3n) is 7.54. The number of likely N-dealkylation sites (tertiary alicyclic amines) is 1. The quantitative estimate of drug-likeness (QED) is 0.579. The summed E-state index contributed by atoms with van der Waals surface area (Å²) in [5.74, 6) is 1.37. The third-order valence-corrected chi connectivity index (χ3v) is 7.54. The van der Waals surface area contributed by atoms with Crippen LogP contribution in [0.15, 0.2) is 36.8 Å². The predicted molar refractivity (Wildman–Crippen MR) is 134 cm³/mol. The van der Waals surface area contributed by atoms with E-state index in [2.05, 4.69) is 43.7 Å². The number of aromatic amines is 1. The summed E-state index contributed by atoms with van der Waals surface area (Å²) < 4.78 is 13.2. The average Bonchev–Trinajstić information content (AvgIpc) is 3.41. The van der Waals surface area contributed by atoms with Gasteiger partial charge in [-0.3, -0.25) is 14.9 Å². The van der Waals surface area contributed by atoms with Gasteiger partial charge in [0.15, 0.2) is 0 Å². The highest BCUT2D eigenvalue weighted by Gasteiger charge is 2.37. The van der Waals surface area contributed by atoms with E-state index < -0.39 is 0 Å². The smallest absolute Gasteiger partial charge is 0.201 e. The van der Waals surface area contributed by atoms with Gasteiger partial charge in [-0.25, -0.2) is 19.3 Å². The lowest BCUT2D eigenvalue weighted by atomic mass is 9.96. The second-order valence-corrected chi connectivity index (χ2v) is 9.88. The van der Waals surface area contributed by atoms with Gasteiger partial charge in [-0.05, 0) is 63.9 Å². The van der Waals surface area contributed by atoms with Crippen molar-refractivity contribution in [2.45, 2.75) is 64.7 Å². The van der Waals surface area contributed by atoms with Crippen molar-refractivity contribution >= 4 is 5.82 Å². The van der Waals surface area contributed by atoms with Gasteiger partial charge in [0.05, 0.1) is 11.9 Å². The van der Waals surface area contributed by atoms with E-state index in [1.54, 1.807) is 24.7 Å². The molecule has 2 atom stereocenters. The zero-order chi connectivity index (χ0) is 24.4. The van der Waals surface area contributed by atoms with Crippen LogP contribution in [-0.4, -0.2) is 79.3 Å². The summed E-state index contributed by atoms with van der Waals surface area (Å²) >= 11 is 0. The number of anilines is 1. The second kappa shape index (κ2) is 10.4. The molecule has 9 heteroatoms. The lowest BCUT2D eigenvalue weighted by molar-refractivity contribution is 0.0505. The zero-order valence-corrected chi connectivity index (χ0v) is 20.9. The molecule has 2 saturated heterocycles. The summed E-state index contributed by atoms with van der Waals surface area (Å²) in [6, 6.07) is 8.38. The minimum atomic E-state index is -0.168. The molecule has 2 aliphatic rings. The fraction of sp³-hybridized carbons (Fsp3) is 0.538. The lowest BCUT2D eigenvalue weighted by Crippen LogP contribution is -2.61. The lowest BCUT2D eigenvalue weighted by Gasteiger charge is -2.50. The van der Waals surface area contributed by atoms with E-state index in [-0.39, 0.29) is 5.82 Å². The van der Waals surface area contributed by atoms with E-state index in [0.717, 1.165) is 50.7 Å². The van der Waals surface area contributed by atoms with E-state index >= 15 is 0 Å². The molecule has 2 aromatic heterocycles. The fourth-order valence-electron chi connectivity index (χ4n) is 5.63. The van der Waals surface area contributed by atoms with Crippen LogP contribution in [0.3, 0.4) is 0 Å². The van der Waals surface area contributed by atoms with Gasteiger partial charge in [-0.1, -0.05) is 19.1 Å². The van der Waals surface area contributed by atoms with Crippen molar-refractivity contribution in [3.05, 3.63) is 53.9 Å². The predicted octanol–water partition coefficient (Wildman–Crippen LogP) is 3.66. The van der Waals surface area contributed by atoms with Gasteiger partial charge in [0.1, 0.15) is 23.7 Å². The molecule has 0 bridgehead atoms. The molecule has 2 aliphatic heterocycles. The summed E-state index contributed by atoms with van der Waals surface area (Å²) in [5, 5.41) is 6.86. The van der Waals surface area contributed by atoms with Crippen LogP contribution in [0.2, 0.25) is 0 Å². The first-order valence-corrected chi connectivity index (χ1v) is 12.7. The summed E-state index contributed by atoms with van der Waals surface area (Å²) in [5.41, 5.74) is 2.79. The van der Waals surface area contributed by atoms with Crippen LogP contribution in [0.4, 0.5) is 10.2 Å². The number of nitrogens with zero attached hydrogens (tertiary/aromatic N) is 7. The molecule has 186 valence electrons. The summed E-state index contributed by atoms with van der Waals surface area (Å²) in [4.78, 5) is 21.4. The van der Waals surface area contributed by atoms with Crippen LogP contribution in [0.25, 0.3) is 11.5 Å². The Balaban J connectivity index is 1.22. The van der Waals surface area contributed by atoms with Crippen molar-refractivity contribution in [3.8, 4) is 11.5 Å². The Morgan fingerprint density at radius 2 is 1.86 bits per heavy atom. The monoisotopic (exact) mass is 478 g/mol. The van der Waals surface area contributed by atoms with Crippen molar-refractivity contribution < 1.29 is 4.39 Å². The molecule has 0 aliphatic carbocycles. The molecule has 1 N–H and O–H groups in total. The van der Waals surface area contributed by atoms with Crippen LogP contribution in [0.1, 0.15) is 44.4 Å². The Hall–Kier alpha value is -2.91. The molecule has 0 saturated carbocycles. The van der Waals surface area contributed by atoms with Crippen LogP contribution in [0, 0.1) is 12.7 Å². The molecule has 0 amide bonds. The van der Waals surface area contributed by atoms with Gasteiger partial charge in [-0.15, -0.1) is 0 Å². The number of aromatic nitrogens is 5. The highest BCUT2D eigenvalue weighted by Crippen LogP contribution is 2.30. The highest BCUT2D eigenvalue weighted by atomic mass is 19.1. The second-order valence-electron chi connectivity index (χ2n) is 9.88. The third kappa shape index (κ3) is 5.21. The van der Waals surface area contributed by atoms with Gasteiger partial charge in [0.2, 0.25) is 5.82 Å². The number of piperidine rings is 1. The molecule has 8 nitrogen and oxygen atoms in total. The van der Waals surface area contributed by atoms with Crippen LogP contribution < -0.4 is 4.90 Å². The maximum atomic E-state index is 13.2. The van der Waals surface area contributed by atoms with Crippen LogP contribution in [0.5, 0.6) is 0 Å². The number of benzene rings is 1. The Labute approximate surface area is 206 Å². The molecule has 0 radical (unpaired) electrons. The van der Waals surface area contributed by atoms with E-state index in [0.29, 0.717) is 29.6 Å². The fourth-order valence-corrected chi connectivity index (χ4v) is 5.63. The van der Waals surface area contributed by atoms with Crippen LogP contribution >= 0.6 is 0 Å². The first-order chi connectivity index (χ1) is 17.0. The van der Waals surface area contributed by atoms with Crippen molar-refractivity contribution in [3.63, 3.8) is 0 Å². The Bertz CT molecular complexity index is 1100. The standard InChI is InChI=1S/C26H35FN8/c1-4-22-16-34(26-19(3)31-24(13-28-26)25-29-17-30-32-25)18(2)14-35(22)23-9-11-33(12-10-23)15-20-5-7-21(27)8-6-20/h5-8,13,17-18,22-23H,4,9-12,14-16H2,1-3H3,(H,29,30,32)/t18-,22+/m1/s1. The maximum Gasteiger partial charge on any atom is 0.201 e. The topological polar surface area (TPSA) is 77.1 Å². The Kier molecular flexibility index (Phi) is 7.06. The number of piperazine rings is 1. The molecule has 4 heterocycles. The highest BCUT2D eigenvalue weighted by molar-refractivity contribution is 5.53. The molecule has 5 rings (SSSR count). The SMILES string of the molecule is CC[C@H]1CN(c2ncc(-c3nc[nH]n3)nc2C)[C@H](C)CN1C1CCN(Cc2ccc(F)cc2)CC1. The number of H-pyrrole nitrogens is 1. The van der Waals surface area contributed by atoms with E-state index in [1.165, 1.54) is 18.4 Å². The molecule has 35 heavy (non-hydrogen) atoms. The van der Waals surface area contributed by atoms with Gasteiger partial charge in [-0.2, -0.15) is 5.10 Å². The first kappa shape index (κ1) is 23.8. The molecule has 3 aromatic rings. The first-order valence-electron chi connectivity index (χ1n) is 12.7. The minimum Gasteiger partial charge on any atom is -0.350 e. The Morgan fingerprint density at radius 3 is 2.51 bits per heavy atom. The van der Waals surface area contributed by atoms with Crippen LogP contribution in [-0.2, 0) is 6.54 Å². The number of hydrogen-bond acceptors (Lipinski definition) is 7. The molecule has 1 aromatic carbocycles. The molecular weight excluding hydrogens is 443 g/mol. The van der Waals surface area contributed by atoms with Crippen molar-refractivity contribution in [1.82, 2.24) is 34.9 Å². The van der Waals surface area contributed by atoms with Crippen molar-refractivity contribution in [1.29, 1.82) is 0 Å². The maximum absolute atomic E-state index is 13.2. The van der Waals surface area contributed by atoms with E-state index in [1.807, 2.05) is 19.1 Å². The number of aryl methyl sites for hydroxylation is 1. The normalized spacial score (nSPS) is 22.6. The van der Waals surface area contributed by atoms with Crippen molar-refractivity contribution in [2.75, 3.05) is 31.1 Å². The van der Waals surface area contributed by atoms with E-state index in [9.17, 15) is 4.39 Å². The molecule has 0 spiro atoms. The zero-order valence-electron chi connectivity index (χ0n) is 20.9. The van der Waals surface area contributed by atoms with Gasteiger partial charge >= 0.3 is 0 Å². The Morgan fingerprint density at radius 1 is 1.09 bits per heavy atom. The number of nitrogens with one attached hydrogen (secondary N) is 1. The summed E-state index contributed by atoms with van der Waals surface area (Å²) in [6.45, 7) is 11.7. The minimum absolute atomic E-state index is 0.168. The summed E-state index contributed by atoms with van der Waals surface area (Å²) in [6.07, 6.45) is 6.80. The number of hydrogen-bond donors (Lipinski definition) is 1. The molecular formula is C26H35FN8. The molecule has 0 unspecified atom stereocenters. The largest absolute Gasteiger partial charge is 0.350 e. The van der Waals surface area contributed by atoms with Gasteiger partial charge in [0.25, 0.3) is 0 Å². The van der Waals surface area contributed by atoms with Gasteiger partial charge in [0, 0.05) is 37.8 Å². The average molecular weight is 479 g/mol. The van der Waals surface area contributed by atoms with Crippen molar-refractivity contribution in [2.24, 2.45) is 0 Å². The van der Waals surface area contributed by atoms with E-state index in [4.69, 9.17) is 9.97 Å².